The number of hydrogen-bond acceptors (Lipinski definition) is 1. The molecule has 1 rings (SSSR count). The van der Waals surface area contributed by atoms with E-state index in [1.807, 2.05) is 0 Å². The highest BCUT2D eigenvalue weighted by atomic mass is 14.9. The van der Waals surface area contributed by atoms with E-state index < -0.39 is 0 Å². The van der Waals surface area contributed by atoms with Gasteiger partial charge in [-0.05, 0) is 30.9 Å². The predicted octanol–water partition coefficient (Wildman–Crippen LogP) is 4.00. The Hall–Kier alpha value is -1.18. The first-order valence-corrected chi connectivity index (χ1v) is 6.61. The number of allylic oxidation sites excluding steroid dienone is 5. The number of hydrogen-bond donors (Lipinski definition) is 1. The summed E-state index contributed by atoms with van der Waals surface area (Å²) in [5.74, 6) is 0. The highest BCUT2D eigenvalue weighted by molar-refractivity contribution is 6.67. The maximum Gasteiger partial charge on any atom is 0.197 e. The Morgan fingerprint density at radius 1 is 1.53 bits per heavy atom. The molecule has 0 unspecified atom stereocenters. The molecule has 0 amide bonds. The van der Waals surface area contributed by atoms with E-state index in [0.717, 1.165) is 19.4 Å². The van der Waals surface area contributed by atoms with Crippen LogP contribution in [0, 0.1) is 0 Å². The molecule has 0 radical (unpaired) electrons. The summed E-state index contributed by atoms with van der Waals surface area (Å²) in [5, 5.41) is 3.31. The molecular formula is C15H24BN. The second kappa shape index (κ2) is 7.21. The van der Waals surface area contributed by atoms with Crippen LogP contribution in [0.15, 0.2) is 48.1 Å². The maximum absolute atomic E-state index is 4.15. The van der Waals surface area contributed by atoms with Crippen LogP contribution in [0.1, 0.15) is 26.7 Å². The molecule has 1 N–H and O–H groups in total. The molecule has 17 heavy (non-hydrogen) atoms. The van der Waals surface area contributed by atoms with Crippen molar-refractivity contribution in [2.75, 3.05) is 6.54 Å². The van der Waals surface area contributed by atoms with Crippen molar-refractivity contribution in [2.24, 2.45) is 0 Å². The smallest absolute Gasteiger partial charge is 0.197 e. The fourth-order valence-corrected chi connectivity index (χ4v) is 2.22. The van der Waals surface area contributed by atoms with E-state index in [1.165, 1.54) is 29.4 Å². The van der Waals surface area contributed by atoms with Crippen LogP contribution in [-0.2, 0) is 0 Å². The van der Waals surface area contributed by atoms with Gasteiger partial charge in [0, 0.05) is 6.54 Å². The maximum atomic E-state index is 4.15. The lowest BCUT2D eigenvalue weighted by molar-refractivity contribution is 0.944. The minimum atomic E-state index is 0.645. The fourth-order valence-electron chi connectivity index (χ4n) is 2.22. The Morgan fingerprint density at radius 2 is 2.29 bits per heavy atom. The van der Waals surface area contributed by atoms with Gasteiger partial charge in [0.2, 0.25) is 0 Å². The summed E-state index contributed by atoms with van der Waals surface area (Å²) in [7, 11) is 0. The third kappa shape index (κ3) is 4.68. The molecular weight excluding hydrogens is 205 g/mol. The zero-order valence-electron chi connectivity index (χ0n) is 11.3. The molecule has 0 spiro atoms. The van der Waals surface area contributed by atoms with Gasteiger partial charge in [-0.1, -0.05) is 56.5 Å². The van der Waals surface area contributed by atoms with Gasteiger partial charge in [-0.2, -0.15) is 0 Å². The quantitative estimate of drug-likeness (QED) is 0.536. The van der Waals surface area contributed by atoms with Crippen molar-refractivity contribution >= 4 is 6.71 Å². The van der Waals surface area contributed by atoms with Crippen LogP contribution in [0.25, 0.3) is 0 Å². The first kappa shape index (κ1) is 13.9. The highest BCUT2D eigenvalue weighted by Gasteiger charge is 2.22. The second-order valence-electron chi connectivity index (χ2n) is 4.71. The summed E-state index contributed by atoms with van der Waals surface area (Å²) in [5.41, 5.74) is 3.81. The minimum absolute atomic E-state index is 0.645. The van der Waals surface area contributed by atoms with Gasteiger partial charge in [0.15, 0.2) is 6.71 Å². The fraction of sp³-hybridized carbons (Fsp3) is 0.467. The lowest BCUT2D eigenvalue weighted by Crippen LogP contribution is -2.13. The number of nitrogens with one attached hydrogen (secondary N) is 1. The van der Waals surface area contributed by atoms with Crippen molar-refractivity contribution in [3.63, 3.8) is 0 Å². The normalized spacial score (nSPS) is 16.7. The van der Waals surface area contributed by atoms with E-state index in [4.69, 9.17) is 0 Å². The van der Waals surface area contributed by atoms with Crippen LogP contribution in [0.5, 0.6) is 0 Å². The molecule has 0 saturated carbocycles. The Kier molecular flexibility index (Phi) is 5.89. The van der Waals surface area contributed by atoms with Gasteiger partial charge < -0.3 is 5.32 Å². The molecule has 0 aliphatic carbocycles. The molecule has 1 saturated heterocycles. The van der Waals surface area contributed by atoms with E-state index in [1.54, 1.807) is 0 Å². The lowest BCUT2D eigenvalue weighted by Gasteiger charge is -2.07. The summed E-state index contributed by atoms with van der Waals surface area (Å²) in [6, 6.07) is 0. The molecule has 2 heteroatoms. The number of rotatable bonds is 6. The van der Waals surface area contributed by atoms with Crippen LogP contribution < -0.4 is 5.32 Å². The van der Waals surface area contributed by atoms with Gasteiger partial charge in [0.05, 0.1) is 0 Å². The molecule has 0 aromatic carbocycles. The Labute approximate surface area is 106 Å². The Bertz CT molecular complexity index is 339. The second-order valence-corrected chi connectivity index (χ2v) is 4.71. The summed E-state index contributed by atoms with van der Waals surface area (Å²) in [6.07, 6.45) is 11.0. The average Bonchev–Trinajstić information content (AvgIpc) is 2.71. The third-order valence-electron chi connectivity index (χ3n) is 3.33. The van der Waals surface area contributed by atoms with E-state index in [2.05, 4.69) is 50.6 Å². The zero-order valence-corrected chi connectivity index (χ0v) is 11.3. The molecule has 1 nitrogen and oxygen atoms in total. The van der Waals surface area contributed by atoms with Gasteiger partial charge in [0.1, 0.15) is 0 Å². The lowest BCUT2D eigenvalue weighted by atomic mass is 9.44. The molecule has 92 valence electrons. The van der Waals surface area contributed by atoms with E-state index in [0.29, 0.717) is 6.71 Å². The van der Waals surface area contributed by atoms with E-state index in [-0.39, 0.29) is 0 Å². The Morgan fingerprint density at radius 3 is 2.82 bits per heavy atom. The van der Waals surface area contributed by atoms with E-state index in [9.17, 15) is 0 Å². The van der Waals surface area contributed by atoms with Crippen LogP contribution >= 0.6 is 0 Å². The van der Waals surface area contributed by atoms with E-state index >= 15 is 0 Å². The van der Waals surface area contributed by atoms with Crippen molar-refractivity contribution in [3.05, 3.63) is 48.1 Å². The van der Waals surface area contributed by atoms with Gasteiger partial charge >= 0.3 is 0 Å². The molecule has 0 aromatic heterocycles. The van der Waals surface area contributed by atoms with Gasteiger partial charge in [0.25, 0.3) is 0 Å². The third-order valence-corrected chi connectivity index (χ3v) is 3.33. The Balaban J connectivity index is 2.41. The van der Waals surface area contributed by atoms with Crippen molar-refractivity contribution in [2.45, 2.75) is 39.3 Å². The van der Waals surface area contributed by atoms with Crippen molar-refractivity contribution in [1.29, 1.82) is 0 Å². The van der Waals surface area contributed by atoms with Gasteiger partial charge in [-0.25, -0.2) is 0 Å². The first-order valence-electron chi connectivity index (χ1n) is 6.61. The van der Waals surface area contributed by atoms with Crippen LogP contribution in [-0.4, -0.2) is 13.3 Å². The monoisotopic (exact) mass is 229 g/mol. The van der Waals surface area contributed by atoms with Crippen molar-refractivity contribution in [1.82, 2.24) is 5.32 Å². The average molecular weight is 229 g/mol. The van der Waals surface area contributed by atoms with Crippen LogP contribution in [0.4, 0.5) is 0 Å². The summed E-state index contributed by atoms with van der Waals surface area (Å²) in [6.45, 7) is 14.2. The summed E-state index contributed by atoms with van der Waals surface area (Å²) >= 11 is 0. The van der Waals surface area contributed by atoms with Gasteiger partial charge in [-0.15, -0.1) is 0 Å². The van der Waals surface area contributed by atoms with Crippen molar-refractivity contribution in [3.8, 4) is 0 Å². The SMILES string of the molecule is C=C(/C=C(\C=C/C)CC)CCB1CCNC1=C. The van der Waals surface area contributed by atoms with Crippen LogP contribution in [0.3, 0.4) is 0 Å². The summed E-state index contributed by atoms with van der Waals surface area (Å²) < 4.78 is 0. The minimum Gasteiger partial charge on any atom is -0.397 e. The molecule has 0 bridgehead atoms. The topological polar surface area (TPSA) is 12.0 Å². The first-order chi connectivity index (χ1) is 8.17. The zero-order chi connectivity index (χ0) is 12.7. The van der Waals surface area contributed by atoms with Crippen LogP contribution in [0.2, 0.25) is 12.6 Å². The molecule has 1 aliphatic rings. The standard InChI is InChI=1S/C15H24BN/c1-5-7-15(6-2)12-13(3)8-9-16-10-11-17-14(16)4/h5,7,12,17H,3-4,6,8-11H2,1-2H3/b7-5-,15-12-. The largest absolute Gasteiger partial charge is 0.397 e. The highest BCUT2D eigenvalue weighted by Crippen LogP contribution is 2.19. The molecule has 1 heterocycles. The van der Waals surface area contributed by atoms with Gasteiger partial charge in [-0.3, -0.25) is 0 Å². The predicted molar refractivity (Wildman–Crippen MR) is 79.5 cm³/mol. The summed E-state index contributed by atoms with van der Waals surface area (Å²) in [4.78, 5) is 0. The molecule has 0 aromatic rings. The molecule has 1 fully saturated rings. The molecule has 1 aliphatic heterocycles. The van der Waals surface area contributed by atoms with Crippen molar-refractivity contribution < 1.29 is 0 Å². The molecule has 0 atom stereocenters.